The predicted molar refractivity (Wildman–Crippen MR) is 190 cm³/mol. The molecule has 0 unspecified atom stereocenters. The van der Waals surface area contributed by atoms with Gasteiger partial charge in [-0.2, -0.15) is 18.2 Å². The number of nitrogens with zero attached hydrogens (tertiary/aromatic N) is 4. The summed E-state index contributed by atoms with van der Waals surface area (Å²) in [6, 6.07) is 11.2. The Labute approximate surface area is 307 Å². The Balaban J connectivity index is 1.26. The smallest absolute Gasteiger partial charge is 0.410 e. The lowest BCUT2D eigenvalue weighted by molar-refractivity contribution is -0.194. The molecule has 2 heterocycles. The van der Waals surface area contributed by atoms with E-state index < -0.39 is 45.7 Å². The highest BCUT2D eigenvalue weighted by molar-refractivity contribution is 7.92. The summed E-state index contributed by atoms with van der Waals surface area (Å²) < 4.78 is 85.2. The van der Waals surface area contributed by atoms with Crippen LogP contribution in [0.25, 0.3) is 11.3 Å². The molecule has 0 saturated heterocycles. The van der Waals surface area contributed by atoms with Gasteiger partial charge < -0.3 is 19.3 Å². The summed E-state index contributed by atoms with van der Waals surface area (Å²) in [5.41, 5.74) is 0.704. The summed E-state index contributed by atoms with van der Waals surface area (Å²) in [7, 11) is -2.62. The fraction of sp³-hybridized carbons (Fsp3) is 0.526. The van der Waals surface area contributed by atoms with Crippen molar-refractivity contribution in [1.82, 2.24) is 19.8 Å². The molecule has 2 aromatic carbocycles. The van der Waals surface area contributed by atoms with E-state index in [0.29, 0.717) is 31.4 Å². The predicted octanol–water partition coefficient (Wildman–Crippen LogP) is 7.29. The zero-order chi connectivity index (χ0) is 38.1. The van der Waals surface area contributed by atoms with Gasteiger partial charge in [0.25, 0.3) is 15.9 Å². The largest absolute Gasteiger partial charge is 0.475 e. The third-order valence-electron chi connectivity index (χ3n) is 11.4. The molecule has 1 aliphatic heterocycles. The van der Waals surface area contributed by atoms with Crippen molar-refractivity contribution in [1.29, 1.82) is 0 Å². The Hall–Kier alpha value is -4.40. The molecule has 1 atom stereocenters. The maximum absolute atomic E-state index is 14.6. The van der Waals surface area contributed by atoms with E-state index in [0.717, 1.165) is 16.7 Å². The third-order valence-corrected chi connectivity index (χ3v) is 12.8. The van der Waals surface area contributed by atoms with Crippen LogP contribution in [0.4, 0.5) is 23.9 Å². The summed E-state index contributed by atoms with van der Waals surface area (Å²) in [5.74, 6) is -0.893. The minimum absolute atomic E-state index is 0.0291. The first-order valence-corrected chi connectivity index (χ1v) is 19.4. The number of aryl methyl sites for hydroxylation is 2. The van der Waals surface area contributed by atoms with Crippen molar-refractivity contribution >= 4 is 28.0 Å². The van der Waals surface area contributed by atoms with E-state index in [4.69, 9.17) is 9.47 Å². The van der Waals surface area contributed by atoms with Crippen LogP contribution in [0.2, 0.25) is 0 Å². The second-order valence-electron chi connectivity index (χ2n) is 15.6. The second kappa shape index (κ2) is 13.2. The number of carbonyl (C=O) groups is 2. The van der Waals surface area contributed by atoms with Gasteiger partial charge in [0.05, 0.1) is 28.2 Å². The number of halogens is 3. The second-order valence-corrected chi connectivity index (χ2v) is 17.3. The van der Waals surface area contributed by atoms with E-state index in [9.17, 15) is 31.2 Å². The maximum atomic E-state index is 14.6. The molecule has 15 heteroatoms. The zero-order valence-electron chi connectivity index (χ0n) is 30.4. The third kappa shape index (κ3) is 7.04. The Morgan fingerprint density at radius 3 is 2.34 bits per heavy atom. The fourth-order valence-corrected chi connectivity index (χ4v) is 9.38. The first-order valence-electron chi connectivity index (χ1n) is 17.9. The Morgan fingerprint density at radius 2 is 1.72 bits per heavy atom. The summed E-state index contributed by atoms with van der Waals surface area (Å²) >= 11 is 0. The van der Waals surface area contributed by atoms with E-state index in [-0.39, 0.29) is 65.7 Å². The zero-order valence-corrected chi connectivity index (χ0v) is 31.2. The molecule has 1 aromatic heterocycles. The molecule has 3 aliphatic carbocycles. The highest BCUT2D eigenvalue weighted by Gasteiger charge is 2.65. The van der Waals surface area contributed by atoms with E-state index in [1.54, 1.807) is 31.9 Å². The number of anilines is 1. The molecule has 11 nitrogen and oxygen atoms in total. The number of ether oxygens (including phenoxy) is 2. The lowest BCUT2D eigenvalue weighted by atomic mass is 9.51. The van der Waals surface area contributed by atoms with Crippen molar-refractivity contribution < 1.29 is 40.7 Å². The number of hydrogen-bond acceptors (Lipinski definition) is 8. The molecular formula is C38H44F3N5O6S. The molecule has 3 aromatic rings. The molecule has 2 amide bonds. The van der Waals surface area contributed by atoms with Gasteiger partial charge in [-0.1, -0.05) is 24.3 Å². The van der Waals surface area contributed by atoms with E-state index in [1.165, 1.54) is 29.2 Å². The molecule has 3 fully saturated rings. The van der Waals surface area contributed by atoms with Crippen LogP contribution in [0.3, 0.4) is 0 Å². The summed E-state index contributed by atoms with van der Waals surface area (Å²) in [6.45, 7) is 7.02. The number of alkyl halides is 3. The van der Waals surface area contributed by atoms with Crippen molar-refractivity contribution in [2.24, 2.45) is 10.8 Å². The number of benzene rings is 2. The molecule has 3 saturated carbocycles. The molecule has 4 aliphatic rings. The van der Waals surface area contributed by atoms with Gasteiger partial charge in [-0.05, 0) is 107 Å². The number of hydrogen-bond donors (Lipinski definition) is 1. The van der Waals surface area contributed by atoms with Crippen LogP contribution in [0.1, 0.15) is 80.3 Å². The van der Waals surface area contributed by atoms with Crippen LogP contribution in [-0.2, 0) is 14.8 Å². The number of fused-ring (bicyclic) bond motifs is 4. The maximum Gasteiger partial charge on any atom is 0.410 e. The minimum atomic E-state index is -4.49. The number of nitrogens with one attached hydrogen (secondary N) is 1. The monoisotopic (exact) mass is 755 g/mol. The number of amides is 2. The first kappa shape index (κ1) is 36.9. The van der Waals surface area contributed by atoms with Gasteiger partial charge in [0.15, 0.2) is 0 Å². The minimum Gasteiger partial charge on any atom is -0.475 e. The molecule has 7 rings (SSSR count). The Bertz CT molecular complexity index is 2020. The van der Waals surface area contributed by atoms with E-state index in [2.05, 4.69) is 14.7 Å². The van der Waals surface area contributed by atoms with Gasteiger partial charge in [-0.25, -0.2) is 22.9 Å². The van der Waals surface area contributed by atoms with Crippen LogP contribution < -0.4 is 9.46 Å². The summed E-state index contributed by atoms with van der Waals surface area (Å²) in [4.78, 5) is 38.9. The highest BCUT2D eigenvalue weighted by atomic mass is 32.2. The Kier molecular flexibility index (Phi) is 9.18. The van der Waals surface area contributed by atoms with Gasteiger partial charge in [-0.3, -0.25) is 4.79 Å². The normalized spacial score (nSPS) is 25.8. The molecule has 4 bridgehead atoms. The summed E-state index contributed by atoms with van der Waals surface area (Å²) in [6.07, 6.45) is -3.28. The molecule has 53 heavy (non-hydrogen) atoms. The van der Waals surface area contributed by atoms with Crippen LogP contribution in [0, 0.1) is 24.7 Å². The van der Waals surface area contributed by atoms with Gasteiger partial charge in [-0.15, -0.1) is 0 Å². The van der Waals surface area contributed by atoms with Crippen molar-refractivity contribution in [2.75, 3.05) is 18.4 Å². The standard InChI is InChI=1S/C38H44F3N5O6S/c1-22(2)52-35(48)45(5)26-16-36(17-26)18-27(19-36)46-28(20-37(12-13-37)38(39,40)41)21-51-31-15-30(32-23(3)8-6-9-24(32)4)42-34(43-31)44-53(49,50)29-11-7-10-25(14-29)33(46)47/h6-11,14-15,22,26-28H,12-13,16-21H2,1-5H3,(H,42,43,44)/t26?,27?,28-,36?/m1/s1. The number of aromatic nitrogens is 2. The quantitative estimate of drug-likeness (QED) is 0.278. The Morgan fingerprint density at radius 1 is 1.06 bits per heavy atom. The lowest BCUT2D eigenvalue weighted by Gasteiger charge is -2.62. The molecule has 1 spiro atoms. The van der Waals surface area contributed by atoms with Crippen molar-refractivity contribution in [3.8, 4) is 17.1 Å². The van der Waals surface area contributed by atoms with Crippen LogP contribution in [0.15, 0.2) is 53.4 Å². The van der Waals surface area contributed by atoms with Crippen molar-refractivity contribution in [3.05, 3.63) is 65.2 Å². The van der Waals surface area contributed by atoms with Gasteiger partial charge in [0.2, 0.25) is 11.8 Å². The first-order chi connectivity index (χ1) is 24.9. The number of sulfonamides is 1. The fourth-order valence-electron chi connectivity index (χ4n) is 8.39. The van der Waals surface area contributed by atoms with Gasteiger partial charge >= 0.3 is 12.3 Å². The topological polar surface area (TPSA) is 131 Å². The number of carbonyl (C=O) groups excluding carboxylic acids is 2. The van der Waals surface area contributed by atoms with E-state index in [1.807, 2.05) is 32.0 Å². The molecule has 284 valence electrons. The average molecular weight is 756 g/mol. The number of rotatable bonds is 6. The lowest BCUT2D eigenvalue weighted by Crippen LogP contribution is -2.64. The van der Waals surface area contributed by atoms with Crippen LogP contribution in [-0.4, -0.2) is 84.2 Å². The van der Waals surface area contributed by atoms with Crippen molar-refractivity contribution in [2.45, 2.75) is 108 Å². The van der Waals surface area contributed by atoms with Gasteiger partial charge in [0.1, 0.15) is 6.61 Å². The summed E-state index contributed by atoms with van der Waals surface area (Å²) in [5, 5.41) is 0. The highest BCUT2D eigenvalue weighted by Crippen LogP contribution is 2.62. The SMILES string of the molecule is Cc1cccc(C)c1-c1cc2nc(n1)NS(=O)(=O)c1cccc(c1)C(=O)N(C1CC3(CC(N(C)C(=O)OC(C)C)C3)C1)[C@H](CC1(C(F)(F)F)CC1)CO2. The van der Waals surface area contributed by atoms with Crippen LogP contribution >= 0.6 is 0 Å². The average Bonchev–Trinajstić information content (AvgIpc) is 3.83. The van der Waals surface area contributed by atoms with Gasteiger partial charge in [0, 0.05) is 36.3 Å². The van der Waals surface area contributed by atoms with E-state index >= 15 is 0 Å². The van der Waals surface area contributed by atoms with Crippen molar-refractivity contribution in [3.63, 3.8) is 0 Å². The molecule has 1 N–H and O–H groups in total. The molecule has 0 radical (unpaired) electrons. The van der Waals surface area contributed by atoms with Crippen LogP contribution in [0.5, 0.6) is 5.88 Å². The molecular weight excluding hydrogens is 712 g/mol.